The molecule has 1 aromatic heterocycles. The summed E-state index contributed by atoms with van der Waals surface area (Å²) in [5, 5.41) is 4.39. The second kappa shape index (κ2) is 10.9. The molecule has 1 aliphatic rings. The van der Waals surface area contributed by atoms with Gasteiger partial charge in [0.1, 0.15) is 11.4 Å². The van der Waals surface area contributed by atoms with Crippen molar-refractivity contribution in [2.45, 2.75) is 38.8 Å². The molecule has 1 aliphatic heterocycles. The van der Waals surface area contributed by atoms with Gasteiger partial charge in [-0.1, -0.05) is 42.5 Å². The van der Waals surface area contributed by atoms with E-state index in [0.29, 0.717) is 11.6 Å². The number of methoxy groups -OCH3 is 1. The maximum atomic E-state index is 13.5. The van der Waals surface area contributed by atoms with E-state index < -0.39 is 0 Å². The van der Waals surface area contributed by atoms with Crippen LogP contribution < -0.4 is 4.74 Å². The van der Waals surface area contributed by atoms with E-state index in [1.54, 1.807) is 11.8 Å². The fraction of sp³-hybridized carbons (Fsp3) is 0.429. The summed E-state index contributed by atoms with van der Waals surface area (Å²) in [6.07, 6.45) is 3.02. The molecule has 0 spiro atoms. The zero-order chi connectivity index (χ0) is 24.1. The van der Waals surface area contributed by atoms with Crippen LogP contribution in [0.4, 0.5) is 0 Å². The molecule has 4 rings (SSSR count). The van der Waals surface area contributed by atoms with E-state index in [1.807, 2.05) is 50.2 Å². The van der Waals surface area contributed by atoms with Crippen molar-refractivity contribution in [1.29, 1.82) is 0 Å². The Kier molecular flexibility index (Phi) is 7.68. The summed E-state index contributed by atoms with van der Waals surface area (Å²) in [4.78, 5) is 17.9. The molecule has 3 aromatic rings. The summed E-state index contributed by atoms with van der Waals surface area (Å²) in [7, 11) is 5.50. The number of piperidine rings is 1. The van der Waals surface area contributed by atoms with Gasteiger partial charge in [-0.05, 0) is 74.5 Å². The molecule has 0 bridgehead atoms. The van der Waals surface area contributed by atoms with Crippen molar-refractivity contribution >= 4 is 5.91 Å². The third kappa shape index (κ3) is 5.68. The molecular weight excluding hydrogens is 424 g/mol. The number of hydrogen-bond acceptors (Lipinski definition) is 4. The lowest BCUT2D eigenvalue weighted by molar-refractivity contribution is 0.0575. The molecule has 1 fully saturated rings. The number of carbonyl (C=O) groups is 1. The first kappa shape index (κ1) is 24.0. The molecule has 0 radical (unpaired) electrons. The zero-order valence-corrected chi connectivity index (χ0v) is 20.8. The Bertz CT molecular complexity index is 1070. The number of likely N-dealkylation sites (tertiary alicyclic amines) is 1. The highest BCUT2D eigenvalue weighted by Crippen LogP contribution is 2.28. The van der Waals surface area contributed by atoms with E-state index in [2.05, 4.69) is 46.4 Å². The lowest BCUT2D eigenvalue weighted by Crippen LogP contribution is -2.47. The smallest absolute Gasteiger partial charge is 0.272 e. The molecular formula is C28H36N4O2. The number of carbonyl (C=O) groups excluding carboxylic acids is 1. The predicted molar refractivity (Wildman–Crippen MR) is 135 cm³/mol. The Morgan fingerprint density at radius 2 is 1.76 bits per heavy atom. The SMILES string of the molecule is COc1ccc(CN2CCC([C@H](Cc3ccccc3)N(C)C(=O)c3cc(C)nn3C)CC2)cc1. The minimum Gasteiger partial charge on any atom is -0.497 e. The summed E-state index contributed by atoms with van der Waals surface area (Å²) in [5.74, 6) is 1.39. The molecule has 34 heavy (non-hydrogen) atoms. The van der Waals surface area contributed by atoms with Gasteiger partial charge >= 0.3 is 0 Å². The first-order valence-electron chi connectivity index (χ1n) is 12.1. The van der Waals surface area contributed by atoms with Crippen LogP contribution in [0.15, 0.2) is 60.7 Å². The maximum Gasteiger partial charge on any atom is 0.272 e. The summed E-state index contributed by atoms with van der Waals surface area (Å²) < 4.78 is 6.98. The number of amides is 1. The van der Waals surface area contributed by atoms with Crippen molar-refractivity contribution in [2.75, 3.05) is 27.2 Å². The van der Waals surface area contributed by atoms with E-state index in [-0.39, 0.29) is 11.9 Å². The largest absolute Gasteiger partial charge is 0.497 e. The molecule has 6 nitrogen and oxygen atoms in total. The van der Waals surface area contributed by atoms with Crippen molar-refractivity contribution in [1.82, 2.24) is 19.6 Å². The van der Waals surface area contributed by atoms with Gasteiger partial charge in [-0.25, -0.2) is 0 Å². The lowest BCUT2D eigenvalue weighted by atomic mass is 9.84. The standard InChI is InChI=1S/C28H36N4O2/c1-21-18-27(31(3)29-21)28(33)30(2)26(19-22-8-6-5-7-9-22)24-14-16-32(17-15-24)20-23-10-12-25(34-4)13-11-23/h5-13,18,24,26H,14-17,19-20H2,1-4H3/t26-/m0/s1. The number of aryl methyl sites for hydroxylation is 2. The van der Waals surface area contributed by atoms with Crippen molar-refractivity contribution in [3.63, 3.8) is 0 Å². The monoisotopic (exact) mass is 460 g/mol. The van der Waals surface area contributed by atoms with Gasteiger partial charge in [0.25, 0.3) is 5.91 Å². The second-order valence-electron chi connectivity index (χ2n) is 9.43. The Hall–Kier alpha value is -3.12. The van der Waals surface area contributed by atoms with Crippen LogP contribution in [0.5, 0.6) is 5.75 Å². The summed E-state index contributed by atoms with van der Waals surface area (Å²) in [6.45, 7) is 4.95. The van der Waals surface area contributed by atoms with Crippen LogP contribution in [-0.4, -0.2) is 58.8 Å². The van der Waals surface area contributed by atoms with E-state index in [0.717, 1.165) is 50.3 Å². The Morgan fingerprint density at radius 3 is 2.35 bits per heavy atom. The van der Waals surface area contributed by atoms with Crippen LogP contribution in [0.25, 0.3) is 0 Å². The fourth-order valence-electron chi connectivity index (χ4n) is 5.10. The van der Waals surface area contributed by atoms with E-state index in [9.17, 15) is 4.79 Å². The van der Waals surface area contributed by atoms with Crippen LogP contribution in [-0.2, 0) is 20.0 Å². The summed E-state index contributed by atoms with van der Waals surface area (Å²) >= 11 is 0. The molecule has 0 saturated carbocycles. The number of aromatic nitrogens is 2. The second-order valence-corrected chi connectivity index (χ2v) is 9.43. The minimum absolute atomic E-state index is 0.0460. The molecule has 1 atom stereocenters. The van der Waals surface area contributed by atoms with Gasteiger partial charge < -0.3 is 9.64 Å². The van der Waals surface area contributed by atoms with Crippen molar-refractivity contribution in [2.24, 2.45) is 13.0 Å². The zero-order valence-electron chi connectivity index (χ0n) is 20.8. The van der Waals surface area contributed by atoms with Gasteiger partial charge in [0.2, 0.25) is 0 Å². The van der Waals surface area contributed by atoms with Crippen molar-refractivity contribution in [3.8, 4) is 5.75 Å². The number of benzene rings is 2. The third-order valence-corrected chi connectivity index (χ3v) is 7.07. The number of nitrogens with zero attached hydrogens (tertiary/aromatic N) is 4. The van der Waals surface area contributed by atoms with Gasteiger partial charge in [0.15, 0.2) is 0 Å². The molecule has 2 aromatic carbocycles. The molecule has 0 aliphatic carbocycles. The van der Waals surface area contributed by atoms with Gasteiger partial charge in [-0.15, -0.1) is 0 Å². The van der Waals surface area contributed by atoms with Gasteiger partial charge in [-0.2, -0.15) is 5.10 Å². The van der Waals surface area contributed by atoms with Crippen molar-refractivity contribution < 1.29 is 9.53 Å². The van der Waals surface area contributed by atoms with Crippen LogP contribution in [0.3, 0.4) is 0 Å². The van der Waals surface area contributed by atoms with Gasteiger partial charge in [-0.3, -0.25) is 14.4 Å². The van der Waals surface area contributed by atoms with E-state index in [4.69, 9.17) is 4.74 Å². The highest BCUT2D eigenvalue weighted by Gasteiger charge is 2.32. The van der Waals surface area contributed by atoms with Crippen LogP contribution in [0.2, 0.25) is 0 Å². The molecule has 0 N–H and O–H groups in total. The molecule has 1 amide bonds. The Labute approximate surface area is 203 Å². The van der Waals surface area contributed by atoms with Crippen LogP contribution in [0.1, 0.15) is 40.2 Å². The summed E-state index contributed by atoms with van der Waals surface area (Å²) in [6, 6.07) is 20.9. The first-order chi connectivity index (χ1) is 16.4. The van der Waals surface area contributed by atoms with Gasteiger partial charge in [0, 0.05) is 26.7 Å². The number of rotatable bonds is 8. The lowest BCUT2D eigenvalue weighted by Gasteiger charge is -2.40. The van der Waals surface area contributed by atoms with E-state index in [1.165, 1.54) is 11.1 Å². The normalized spacial score (nSPS) is 15.8. The Balaban J connectivity index is 1.45. The average Bonchev–Trinajstić information content (AvgIpc) is 3.21. The summed E-state index contributed by atoms with van der Waals surface area (Å²) in [5.41, 5.74) is 4.09. The molecule has 6 heteroatoms. The maximum absolute atomic E-state index is 13.5. The topological polar surface area (TPSA) is 50.6 Å². The predicted octanol–water partition coefficient (Wildman–Crippen LogP) is 4.33. The number of ether oxygens (including phenoxy) is 1. The molecule has 180 valence electrons. The first-order valence-corrected chi connectivity index (χ1v) is 12.1. The molecule has 1 saturated heterocycles. The Morgan fingerprint density at radius 1 is 1.09 bits per heavy atom. The van der Waals surface area contributed by atoms with Crippen LogP contribution >= 0.6 is 0 Å². The van der Waals surface area contributed by atoms with Crippen molar-refractivity contribution in [3.05, 3.63) is 83.2 Å². The fourth-order valence-corrected chi connectivity index (χ4v) is 5.10. The number of hydrogen-bond donors (Lipinski definition) is 0. The highest BCUT2D eigenvalue weighted by atomic mass is 16.5. The highest BCUT2D eigenvalue weighted by molar-refractivity contribution is 5.92. The van der Waals surface area contributed by atoms with E-state index >= 15 is 0 Å². The molecule has 0 unspecified atom stereocenters. The number of likely N-dealkylation sites (N-methyl/N-ethyl adjacent to an activating group) is 1. The minimum atomic E-state index is 0.0460. The van der Waals surface area contributed by atoms with Gasteiger partial charge in [0.05, 0.1) is 12.8 Å². The van der Waals surface area contributed by atoms with Crippen LogP contribution in [0, 0.1) is 12.8 Å². The third-order valence-electron chi connectivity index (χ3n) is 7.07. The quantitative estimate of drug-likeness (QED) is 0.502. The molecule has 2 heterocycles. The average molecular weight is 461 g/mol.